The lowest BCUT2D eigenvalue weighted by molar-refractivity contribution is -0.118. The number of morpholine rings is 1. The van der Waals surface area contributed by atoms with Crippen molar-refractivity contribution in [2.75, 3.05) is 31.6 Å². The second kappa shape index (κ2) is 9.55. The topological polar surface area (TPSA) is 87.7 Å². The molecular formula is C21H33N3O4S. The van der Waals surface area contributed by atoms with Crippen LogP contribution in [0.1, 0.15) is 45.1 Å². The van der Waals surface area contributed by atoms with Crippen LogP contribution in [0.5, 0.6) is 0 Å². The largest absolute Gasteiger partial charge is 0.379 e. The van der Waals surface area contributed by atoms with Crippen LogP contribution in [0.2, 0.25) is 0 Å². The fourth-order valence-electron chi connectivity index (χ4n) is 4.09. The molecule has 1 aromatic rings. The van der Waals surface area contributed by atoms with Gasteiger partial charge in [-0.1, -0.05) is 25.8 Å². The minimum absolute atomic E-state index is 0.152. The summed E-state index contributed by atoms with van der Waals surface area (Å²) < 4.78 is 32.8. The zero-order valence-electron chi connectivity index (χ0n) is 17.6. The molecule has 0 aromatic heterocycles. The third kappa shape index (κ3) is 5.36. The molecule has 0 bridgehead atoms. The van der Waals surface area contributed by atoms with E-state index < -0.39 is 10.0 Å². The third-order valence-electron chi connectivity index (χ3n) is 6.01. The molecule has 0 spiro atoms. The van der Waals surface area contributed by atoms with Gasteiger partial charge >= 0.3 is 0 Å². The van der Waals surface area contributed by atoms with E-state index in [-0.39, 0.29) is 16.8 Å². The normalized spacial score (nSPS) is 24.8. The Labute approximate surface area is 174 Å². The summed E-state index contributed by atoms with van der Waals surface area (Å²) in [4.78, 5) is 12.9. The number of carbonyl (C=O) groups excluding carboxylic acids is 1. The number of aryl methyl sites for hydroxylation is 1. The minimum atomic E-state index is -3.61. The van der Waals surface area contributed by atoms with Gasteiger partial charge in [0.05, 0.1) is 24.2 Å². The van der Waals surface area contributed by atoms with Crippen molar-refractivity contribution in [3.05, 3.63) is 23.8 Å². The van der Waals surface area contributed by atoms with Gasteiger partial charge in [0.15, 0.2) is 0 Å². The molecule has 162 valence electrons. The van der Waals surface area contributed by atoms with E-state index in [4.69, 9.17) is 4.74 Å². The molecular weight excluding hydrogens is 390 g/mol. The maximum Gasteiger partial charge on any atom is 0.243 e. The van der Waals surface area contributed by atoms with Gasteiger partial charge in [0.2, 0.25) is 15.9 Å². The predicted molar refractivity (Wildman–Crippen MR) is 113 cm³/mol. The Morgan fingerprint density at radius 2 is 1.90 bits per heavy atom. The summed E-state index contributed by atoms with van der Waals surface area (Å²) in [6, 6.07) is 5.06. The van der Waals surface area contributed by atoms with Gasteiger partial charge in [0, 0.05) is 24.8 Å². The van der Waals surface area contributed by atoms with Gasteiger partial charge in [-0.15, -0.1) is 0 Å². The van der Waals surface area contributed by atoms with Crippen LogP contribution in [0.4, 0.5) is 5.69 Å². The molecule has 0 unspecified atom stereocenters. The molecule has 2 N–H and O–H groups in total. The lowest BCUT2D eigenvalue weighted by Crippen LogP contribution is -2.47. The molecule has 1 saturated carbocycles. The van der Waals surface area contributed by atoms with Crippen LogP contribution in [0.15, 0.2) is 23.1 Å². The first-order chi connectivity index (χ1) is 13.8. The molecule has 7 nitrogen and oxygen atoms in total. The third-order valence-corrected chi connectivity index (χ3v) is 8.05. The molecule has 3 atom stereocenters. The standard InChI is InChI=1S/C21H33N3O4S/c1-15-6-4-5-7-19(15)22-17(3)21(25)23-18-9-8-16(2)20(14-18)29(26,27)24-10-12-28-13-11-24/h8-9,14-15,17,19,22H,4-7,10-13H2,1-3H3,(H,23,25)/t15-,17-,19-/m0/s1. The molecule has 1 heterocycles. The van der Waals surface area contributed by atoms with E-state index in [0.717, 1.165) is 6.42 Å². The Morgan fingerprint density at radius 3 is 2.59 bits per heavy atom. The number of benzene rings is 1. The van der Waals surface area contributed by atoms with Crippen LogP contribution in [-0.4, -0.2) is 57.0 Å². The Bertz CT molecular complexity index is 821. The van der Waals surface area contributed by atoms with Gasteiger partial charge in [0.25, 0.3) is 0 Å². The number of sulfonamides is 1. The Morgan fingerprint density at radius 1 is 1.21 bits per heavy atom. The number of rotatable bonds is 6. The highest BCUT2D eigenvalue weighted by Gasteiger charge is 2.29. The van der Waals surface area contributed by atoms with Gasteiger partial charge in [-0.25, -0.2) is 8.42 Å². The molecule has 8 heteroatoms. The number of hydrogen-bond acceptors (Lipinski definition) is 5. The van der Waals surface area contributed by atoms with Crippen molar-refractivity contribution in [3.8, 4) is 0 Å². The minimum Gasteiger partial charge on any atom is -0.379 e. The first-order valence-electron chi connectivity index (χ1n) is 10.5. The molecule has 1 amide bonds. The average Bonchev–Trinajstić information content (AvgIpc) is 2.71. The van der Waals surface area contributed by atoms with E-state index in [1.165, 1.54) is 23.6 Å². The van der Waals surface area contributed by atoms with E-state index in [2.05, 4.69) is 17.6 Å². The Balaban J connectivity index is 1.69. The monoisotopic (exact) mass is 423 g/mol. The van der Waals surface area contributed by atoms with Crippen molar-refractivity contribution < 1.29 is 17.9 Å². The molecule has 3 rings (SSSR count). The summed E-state index contributed by atoms with van der Waals surface area (Å²) in [5, 5.41) is 6.32. The molecule has 1 aliphatic carbocycles. The average molecular weight is 424 g/mol. The highest BCUT2D eigenvalue weighted by Crippen LogP contribution is 2.26. The summed E-state index contributed by atoms with van der Waals surface area (Å²) in [7, 11) is -3.61. The van der Waals surface area contributed by atoms with Crippen molar-refractivity contribution in [3.63, 3.8) is 0 Å². The molecule has 1 saturated heterocycles. The van der Waals surface area contributed by atoms with E-state index in [9.17, 15) is 13.2 Å². The fourth-order valence-corrected chi connectivity index (χ4v) is 5.75. The summed E-state index contributed by atoms with van der Waals surface area (Å²) in [5.74, 6) is 0.407. The second-order valence-electron chi connectivity index (χ2n) is 8.24. The van der Waals surface area contributed by atoms with Crippen LogP contribution in [0.3, 0.4) is 0 Å². The second-order valence-corrected chi connectivity index (χ2v) is 10.1. The van der Waals surface area contributed by atoms with E-state index >= 15 is 0 Å². The summed E-state index contributed by atoms with van der Waals surface area (Å²) >= 11 is 0. The molecule has 0 radical (unpaired) electrons. The number of carbonyl (C=O) groups is 1. The highest BCUT2D eigenvalue weighted by atomic mass is 32.2. The van der Waals surface area contributed by atoms with Gasteiger partial charge in [-0.3, -0.25) is 4.79 Å². The lowest BCUT2D eigenvalue weighted by Gasteiger charge is -2.31. The summed E-state index contributed by atoms with van der Waals surface area (Å²) in [6.07, 6.45) is 4.72. The number of hydrogen-bond donors (Lipinski definition) is 2. The molecule has 2 aliphatic rings. The maximum absolute atomic E-state index is 13.0. The molecule has 1 aliphatic heterocycles. The number of amides is 1. The maximum atomic E-state index is 13.0. The van der Waals surface area contributed by atoms with Crippen LogP contribution in [0.25, 0.3) is 0 Å². The molecule has 2 fully saturated rings. The van der Waals surface area contributed by atoms with Crippen LogP contribution >= 0.6 is 0 Å². The summed E-state index contributed by atoms with van der Waals surface area (Å²) in [5.41, 5.74) is 1.16. The fraction of sp³-hybridized carbons (Fsp3) is 0.667. The van der Waals surface area contributed by atoms with Crippen LogP contribution in [0, 0.1) is 12.8 Å². The molecule has 1 aromatic carbocycles. The SMILES string of the molecule is Cc1ccc(NC(=O)[C@H](C)N[C@H]2CCCC[C@@H]2C)cc1S(=O)(=O)N1CCOCC1. The van der Waals surface area contributed by atoms with Gasteiger partial charge in [0.1, 0.15) is 0 Å². The van der Waals surface area contributed by atoms with E-state index in [0.29, 0.717) is 49.5 Å². The van der Waals surface area contributed by atoms with Crippen molar-refractivity contribution in [2.24, 2.45) is 5.92 Å². The lowest BCUT2D eigenvalue weighted by atomic mass is 9.85. The zero-order valence-corrected chi connectivity index (χ0v) is 18.4. The Hall–Kier alpha value is -1.48. The van der Waals surface area contributed by atoms with Crippen LogP contribution < -0.4 is 10.6 Å². The van der Waals surface area contributed by atoms with Crippen molar-refractivity contribution in [2.45, 2.75) is 63.4 Å². The smallest absolute Gasteiger partial charge is 0.243 e. The summed E-state index contributed by atoms with van der Waals surface area (Å²) in [6.45, 7) is 7.35. The van der Waals surface area contributed by atoms with E-state index in [1.807, 2.05) is 6.92 Å². The van der Waals surface area contributed by atoms with E-state index in [1.54, 1.807) is 25.1 Å². The van der Waals surface area contributed by atoms with Gasteiger partial charge < -0.3 is 15.4 Å². The number of anilines is 1. The first kappa shape index (κ1) is 22.2. The quantitative estimate of drug-likeness (QED) is 0.734. The zero-order chi connectivity index (χ0) is 21.0. The van der Waals surface area contributed by atoms with Gasteiger partial charge in [-0.2, -0.15) is 4.31 Å². The highest BCUT2D eigenvalue weighted by molar-refractivity contribution is 7.89. The number of nitrogens with one attached hydrogen (secondary N) is 2. The predicted octanol–water partition coefficient (Wildman–Crippen LogP) is 2.51. The van der Waals surface area contributed by atoms with Crippen molar-refractivity contribution >= 4 is 21.6 Å². The van der Waals surface area contributed by atoms with Crippen molar-refractivity contribution in [1.29, 1.82) is 0 Å². The molecule has 29 heavy (non-hydrogen) atoms. The van der Waals surface area contributed by atoms with Crippen LogP contribution in [-0.2, 0) is 19.6 Å². The Kier molecular flexibility index (Phi) is 7.32. The first-order valence-corrected chi connectivity index (χ1v) is 12.0. The van der Waals surface area contributed by atoms with Gasteiger partial charge in [-0.05, 0) is 50.3 Å². The van der Waals surface area contributed by atoms with Crippen molar-refractivity contribution in [1.82, 2.24) is 9.62 Å². The number of nitrogens with zero attached hydrogens (tertiary/aromatic N) is 1. The number of ether oxygens (including phenoxy) is 1.